The third-order valence-corrected chi connectivity index (χ3v) is 5.51. The Morgan fingerprint density at radius 1 is 1.50 bits per heavy atom. The van der Waals surface area contributed by atoms with E-state index in [1.807, 2.05) is 23.0 Å². The van der Waals surface area contributed by atoms with Crippen LogP contribution in [0.5, 0.6) is 0 Å². The van der Waals surface area contributed by atoms with Crippen molar-refractivity contribution in [1.82, 2.24) is 25.2 Å². The topological polar surface area (TPSA) is 85.4 Å². The Kier molecular flexibility index (Phi) is 5.03. The Balaban J connectivity index is 1.32. The van der Waals surface area contributed by atoms with Gasteiger partial charge in [-0.1, -0.05) is 5.21 Å². The van der Waals surface area contributed by atoms with E-state index in [0.717, 1.165) is 43.9 Å². The van der Waals surface area contributed by atoms with Gasteiger partial charge >= 0.3 is 0 Å². The van der Waals surface area contributed by atoms with Crippen molar-refractivity contribution in [3.05, 3.63) is 36.0 Å². The van der Waals surface area contributed by atoms with Gasteiger partial charge in [-0.05, 0) is 37.4 Å². The van der Waals surface area contributed by atoms with E-state index in [9.17, 15) is 4.79 Å². The lowest BCUT2D eigenvalue weighted by Crippen LogP contribution is -2.57. The molecule has 1 amide bonds. The fourth-order valence-electron chi connectivity index (χ4n) is 4.20. The summed E-state index contributed by atoms with van der Waals surface area (Å²) in [6, 6.07) is 4.13. The molecular weight excluding hydrogens is 334 g/mol. The lowest BCUT2D eigenvalue weighted by Gasteiger charge is -2.49. The smallest absolute Gasteiger partial charge is 0.225 e. The first-order valence-electron chi connectivity index (χ1n) is 9.15. The number of rotatable bonds is 7. The molecule has 3 aliphatic heterocycles. The van der Waals surface area contributed by atoms with Crippen LogP contribution in [-0.4, -0.2) is 52.0 Å². The van der Waals surface area contributed by atoms with E-state index in [4.69, 9.17) is 9.15 Å². The highest BCUT2D eigenvalue weighted by Gasteiger charge is 2.43. The number of methoxy groups -OCH3 is 1. The minimum atomic E-state index is 0.0646. The first kappa shape index (κ1) is 17.2. The lowest BCUT2D eigenvalue weighted by atomic mass is 9.75. The van der Waals surface area contributed by atoms with Gasteiger partial charge in [0.05, 0.1) is 38.1 Å². The number of aromatic nitrogens is 3. The predicted molar refractivity (Wildman–Crippen MR) is 92.9 cm³/mol. The molecule has 5 heterocycles. The highest BCUT2D eigenvalue weighted by atomic mass is 16.5. The maximum Gasteiger partial charge on any atom is 0.225 e. The SMILES string of the molecule is COCc1cn(C[C@H]2C[C@@H]3CCN2C[C@@H]3C(=O)NCc2ccco2)nn1. The molecule has 3 fully saturated rings. The number of carbonyl (C=O) groups excluding carboxylic acids is 1. The number of ether oxygens (including phenoxy) is 1. The summed E-state index contributed by atoms with van der Waals surface area (Å²) >= 11 is 0. The molecule has 8 nitrogen and oxygen atoms in total. The van der Waals surface area contributed by atoms with Crippen molar-refractivity contribution in [3.63, 3.8) is 0 Å². The normalized spacial score (nSPS) is 27.6. The minimum Gasteiger partial charge on any atom is -0.467 e. The molecule has 26 heavy (non-hydrogen) atoms. The molecule has 0 radical (unpaired) electrons. The zero-order chi connectivity index (χ0) is 17.9. The molecule has 8 heteroatoms. The standard InChI is InChI=1S/C18H25N5O3/c1-25-12-14-9-23(21-20-14)10-15-7-13-4-5-22(15)11-17(13)18(24)19-8-16-3-2-6-26-16/h2-3,6,9,13,15,17H,4-5,7-8,10-12H2,1H3,(H,19,24)/t13-,15+,17-/m0/s1. The van der Waals surface area contributed by atoms with Crippen molar-refractivity contribution in [2.45, 2.75) is 38.6 Å². The Bertz CT molecular complexity index is 729. The van der Waals surface area contributed by atoms with Crippen molar-refractivity contribution in [2.75, 3.05) is 20.2 Å². The molecule has 2 aromatic heterocycles. The first-order chi connectivity index (χ1) is 12.7. The van der Waals surface area contributed by atoms with E-state index in [2.05, 4.69) is 20.5 Å². The van der Waals surface area contributed by atoms with Crippen LogP contribution in [0, 0.1) is 11.8 Å². The van der Waals surface area contributed by atoms with Gasteiger partial charge in [-0.25, -0.2) is 0 Å². The van der Waals surface area contributed by atoms with Gasteiger partial charge in [0.2, 0.25) is 5.91 Å². The average molecular weight is 359 g/mol. The average Bonchev–Trinajstić information content (AvgIpc) is 3.33. The van der Waals surface area contributed by atoms with Crippen LogP contribution in [0.3, 0.4) is 0 Å². The van der Waals surface area contributed by atoms with Crippen LogP contribution in [0.2, 0.25) is 0 Å². The number of furan rings is 1. The van der Waals surface area contributed by atoms with Gasteiger partial charge < -0.3 is 14.5 Å². The summed E-state index contributed by atoms with van der Waals surface area (Å²) in [6.07, 6.45) is 5.68. The number of nitrogens with one attached hydrogen (secondary N) is 1. The maximum atomic E-state index is 12.6. The van der Waals surface area contributed by atoms with E-state index in [0.29, 0.717) is 25.1 Å². The molecule has 0 aromatic carbocycles. The molecule has 2 bridgehead atoms. The van der Waals surface area contributed by atoms with Gasteiger partial charge in [-0.15, -0.1) is 5.10 Å². The summed E-state index contributed by atoms with van der Waals surface area (Å²) in [5.74, 6) is 1.42. The number of amides is 1. The van der Waals surface area contributed by atoms with Crippen molar-refractivity contribution < 1.29 is 13.9 Å². The third-order valence-electron chi connectivity index (χ3n) is 5.51. The van der Waals surface area contributed by atoms with Crippen LogP contribution in [-0.2, 0) is 29.2 Å². The summed E-state index contributed by atoms with van der Waals surface area (Å²) in [5.41, 5.74) is 0.846. The van der Waals surface area contributed by atoms with Crippen molar-refractivity contribution in [2.24, 2.45) is 11.8 Å². The van der Waals surface area contributed by atoms with Crippen molar-refractivity contribution in [1.29, 1.82) is 0 Å². The largest absolute Gasteiger partial charge is 0.467 e. The van der Waals surface area contributed by atoms with E-state index in [1.54, 1.807) is 13.4 Å². The molecule has 0 spiro atoms. The molecular formula is C18H25N5O3. The Labute approximate surface area is 152 Å². The molecule has 4 atom stereocenters. The zero-order valence-corrected chi connectivity index (χ0v) is 15.0. The summed E-state index contributed by atoms with van der Waals surface area (Å²) in [5, 5.41) is 11.3. The second kappa shape index (κ2) is 7.59. The molecule has 3 aliphatic rings. The highest BCUT2D eigenvalue weighted by Crippen LogP contribution is 2.36. The molecule has 5 rings (SSSR count). The summed E-state index contributed by atoms with van der Waals surface area (Å²) < 4.78 is 12.3. The maximum absolute atomic E-state index is 12.6. The van der Waals surface area contributed by atoms with Crippen LogP contribution in [0.1, 0.15) is 24.3 Å². The molecule has 2 aromatic rings. The van der Waals surface area contributed by atoms with Crippen LogP contribution >= 0.6 is 0 Å². The molecule has 3 saturated heterocycles. The van der Waals surface area contributed by atoms with Crippen LogP contribution in [0.25, 0.3) is 0 Å². The third kappa shape index (κ3) is 3.66. The monoisotopic (exact) mass is 359 g/mol. The van der Waals surface area contributed by atoms with Gasteiger partial charge in [-0.3, -0.25) is 14.4 Å². The van der Waals surface area contributed by atoms with Crippen LogP contribution in [0.4, 0.5) is 0 Å². The summed E-state index contributed by atoms with van der Waals surface area (Å²) in [6.45, 7) is 3.62. The van der Waals surface area contributed by atoms with Gasteiger partial charge in [-0.2, -0.15) is 0 Å². The fraction of sp³-hybridized carbons (Fsp3) is 0.611. The van der Waals surface area contributed by atoms with Gasteiger partial charge in [0.1, 0.15) is 11.5 Å². The molecule has 0 aliphatic carbocycles. The van der Waals surface area contributed by atoms with E-state index in [1.165, 1.54) is 0 Å². The van der Waals surface area contributed by atoms with Gasteiger partial charge in [0, 0.05) is 19.7 Å². The number of hydrogen-bond acceptors (Lipinski definition) is 6. The number of carbonyl (C=O) groups is 1. The van der Waals surface area contributed by atoms with Gasteiger partial charge in [0.25, 0.3) is 0 Å². The quantitative estimate of drug-likeness (QED) is 0.795. The zero-order valence-electron chi connectivity index (χ0n) is 15.0. The summed E-state index contributed by atoms with van der Waals surface area (Å²) in [7, 11) is 1.65. The number of fused-ring (bicyclic) bond motifs is 3. The summed E-state index contributed by atoms with van der Waals surface area (Å²) in [4.78, 5) is 15.0. The Hall–Kier alpha value is -2.19. The predicted octanol–water partition coefficient (Wildman–Crippen LogP) is 1.04. The second-order valence-corrected chi connectivity index (χ2v) is 7.20. The highest BCUT2D eigenvalue weighted by molar-refractivity contribution is 5.79. The lowest BCUT2D eigenvalue weighted by molar-refractivity contribution is -0.133. The Morgan fingerprint density at radius 3 is 3.15 bits per heavy atom. The minimum absolute atomic E-state index is 0.0646. The van der Waals surface area contributed by atoms with Gasteiger partial charge in [0.15, 0.2) is 0 Å². The molecule has 140 valence electrons. The number of nitrogens with zero attached hydrogens (tertiary/aromatic N) is 4. The second-order valence-electron chi connectivity index (χ2n) is 7.20. The van der Waals surface area contributed by atoms with Crippen LogP contribution < -0.4 is 5.32 Å². The fourth-order valence-corrected chi connectivity index (χ4v) is 4.20. The van der Waals surface area contributed by atoms with E-state index in [-0.39, 0.29) is 11.8 Å². The number of piperidine rings is 3. The Morgan fingerprint density at radius 2 is 2.42 bits per heavy atom. The van der Waals surface area contributed by atoms with E-state index < -0.39 is 0 Å². The van der Waals surface area contributed by atoms with Crippen molar-refractivity contribution >= 4 is 5.91 Å². The van der Waals surface area contributed by atoms with Crippen molar-refractivity contribution in [3.8, 4) is 0 Å². The molecule has 1 N–H and O–H groups in total. The first-order valence-corrected chi connectivity index (χ1v) is 9.15. The van der Waals surface area contributed by atoms with E-state index >= 15 is 0 Å². The van der Waals surface area contributed by atoms with Crippen LogP contribution in [0.15, 0.2) is 29.0 Å². The molecule has 0 saturated carbocycles. The number of hydrogen-bond donors (Lipinski definition) is 1. The molecule has 1 unspecified atom stereocenters.